The number of rotatable bonds is 2. The summed E-state index contributed by atoms with van der Waals surface area (Å²) in [5, 5.41) is 0. The predicted octanol–water partition coefficient (Wildman–Crippen LogP) is 4.48. The molecule has 3 saturated heterocycles. The van der Waals surface area contributed by atoms with Crippen LogP contribution in [0.5, 0.6) is 5.75 Å². The van der Waals surface area contributed by atoms with Crippen LogP contribution in [0.3, 0.4) is 0 Å². The topological polar surface area (TPSA) is 36.9 Å². The smallest absolute Gasteiger partial charge is 0.205 e. The summed E-state index contributed by atoms with van der Waals surface area (Å²) in [4.78, 5) is 0. The minimum atomic E-state index is -0.555. The molecule has 0 aromatic heterocycles. The van der Waals surface area contributed by atoms with Gasteiger partial charge < -0.3 is 18.9 Å². The third kappa shape index (κ3) is 2.30. The molecule has 0 amide bonds. The maximum atomic E-state index is 13.2. The molecule has 1 saturated carbocycles. The number of fused-ring (bicyclic) bond motifs is 1. The molecule has 5 heteroatoms. The van der Waals surface area contributed by atoms with Crippen molar-refractivity contribution in [1.29, 1.82) is 0 Å². The molecule has 8 atom stereocenters. The van der Waals surface area contributed by atoms with Gasteiger partial charge in [-0.15, -0.1) is 0 Å². The van der Waals surface area contributed by atoms with E-state index >= 15 is 0 Å². The molecular formula is C21H27FO4. The fraction of sp³-hybridized carbons (Fsp3) is 0.714. The van der Waals surface area contributed by atoms with Gasteiger partial charge in [0.05, 0.1) is 0 Å². The number of benzene rings is 1. The highest BCUT2D eigenvalue weighted by Crippen LogP contribution is 2.63. The lowest BCUT2D eigenvalue weighted by atomic mass is 9.57. The molecule has 1 aromatic carbocycles. The third-order valence-corrected chi connectivity index (χ3v) is 7.19. The molecule has 3 aliphatic heterocycles. The van der Waals surface area contributed by atoms with E-state index in [1.165, 1.54) is 18.6 Å². The van der Waals surface area contributed by atoms with Crippen molar-refractivity contribution < 1.29 is 23.3 Å². The Morgan fingerprint density at radius 1 is 1.08 bits per heavy atom. The highest BCUT2D eigenvalue weighted by atomic mass is 19.1. The van der Waals surface area contributed by atoms with Crippen molar-refractivity contribution in [3.05, 3.63) is 30.1 Å². The van der Waals surface area contributed by atoms with E-state index in [2.05, 4.69) is 13.8 Å². The van der Waals surface area contributed by atoms with Crippen LogP contribution in [0.1, 0.15) is 46.5 Å². The molecule has 0 radical (unpaired) electrons. The van der Waals surface area contributed by atoms with Crippen molar-refractivity contribution in [3.8, 4) is 5.75 Å². The second-order valence-corrected chi connectivity index (χ2v) is 8.78. The minimum Gasteiger partial charge on any atom is -0.465 e. The predicted molar refractivity (Wildman–Crippen MR) is 92.8 cm³/mol. The number of hydrogen-bond acceptors (Lipinski definition) is 4. The van der Waals surface area contributed by atoms with E-state index in [1.54, 1.807) is 12.1 Å². The Hall–Kier alpha value is -1.17. The van der Waals surface area contributed by atoms with Crippen LogP contribution in [0, 0.1) is 29.5 Å². The summed E-state index contributed by atoms with van der Waals surface area (Å²) in [6.45, 7) is 6.56. The van der Waals surface area contributed by atoms with Crippen molar-refractivity contribution >= 4 is 0 Å². The summed E-state index contributed by atoms with van der Waals surface area (Å²) >= 11 is 0. The number of halogens is 1. The molecular weight excluding hydrogens is 335 g/mol. The lowest BCUT2D eigenvalue weighted by molar-refractivity contribution is -0.320. The fourth-order valence-electron chi connectivity index (χ4n) is 5.92. The van der Waals surface area contributed by atoms with Gasteiger partial charge in [-0.3, -0.25) is 0 Å². The molecule has 4 nitrogen and oxygen atoms in total. The molecule has 4 aliphatic rings. The van der Waals surface area contributed by atoms with Gasteiger partial charge in [-0.1, -0.05) is 13.8 Å². The Kier molecular flexibility index (Phi) is 3.70. The molecule has 1 aromatic rings. The molecule has 26 heavy (non-hydrogen) atoms. The zero-order chi connectivity index (χ0) is 18.1. The molecule has 1 spiro atoms. The van der Waals surface area contributed by atoms with Crippen LogP contribution in [0.2, 0.25) is 0 Å². The molecule has 0 N–H and O–H groups in total. The fourth-order valence-corrected chi connectivity index (χ4v) is 5.92. The van der Waals surface area contributed by atoms with Gasteiger partial charge in [-0.2, -0.15) is 0 Å². The van der Waals surface area contributed by atoms with Crippen molar-refractivity contribution in [1.82, 2.24) is 0 Å². The molecule has 2 bridgehead atoms. The number of ether oxygens (including phenoxy) is 4. The summed E-state index contributed by atoms with van der Waals surface area (Å²) in [7, 11) is 0. The highest BCUT2D eigenvalue weighted by Gasteiger charge is 2.71. The summed E-state index contributed by atoms with van der Waals surface area (Å²) in [6, 6.07) is 6.11. The SMILES string of the molecule is C[C@H]1[C@@H](Oc2ccc(F)cc2)O[C@@H]2O[C@]3(C)CC[C@H]4[C@H](C)CC[C@@H]1[C@@]24O3. The van der Waals surface area contributed by atoms with E-state index < -0.39 is 18.4 Å². The van der Waals surface area contributed by atoms with E-state index in [4.69, 9.17) is 18.9 Å². The Morgan fingerprint density at radius 2 is 1.85 bits per heavy atom. The van der Waals surface area contributed by atoms with Gasteiger partial charge in [-0.25, -0.2) is 4.39 Å². The molecule has 5 rings (SSSR count). The highest BCUT2D eigenvalue weighted by molar-refractivity contribution is 5.23. The van der Waals surface area contributed by atoms with Crippen LogP contribution in [-0.4, -0.2) is 24.0 Å². The van der Waals surface area contributed by atoms with Crippen molar-refractivity contribution in [2.24, 2.45) is 23.7 Å². The van der Waals surface area contributed by atoms with Crippen LogP contribution in [-0.2, 0) is 14.2 Å². The van der Waals surface area contributed by atoms with Crippen LogP contribution < -0.4 is 4.74 Å². The summed E-state index contributed by atoms with van der Waals surface area (Å²) in [5.74, 6) is 1.40. The first kappa shape index (κ1) is 17.0. The Bertz CT molecular complexity index is 694. The van der Waals surface area contributed by atoms with Gasteiger partial charge >= 0.3 is 0 Å². The van der Waals surface area contributed by atoms with Crippen molar-refractivity contribution in [2.75, 3.05) is 0 Å². The third-order valence-electron chi connectivity index (χ3n) is 7.19. The van der Waals surface area contributed by atoms with Gasteiger partial charge in [0, 0.05) is 18.3 Å². The van der Waals surface area contributed by atoms with E-state index in [0.29, 0.717) is 23.5 Å². The molecule has 142 valence electrons. The lowest BCUT2D eigenvalue weighted by Gasteiger charge is -2.58. The first-order valence-corrected chi connectivity index (χ1v) is 9.87. The average molecular weight is 362 g/mol. The van der Waals surface area contributed by atoms with Gasteiger partial charge in [-0.05, 0) is 62.3 Å². The zero-order valence-electron chi connectivity index (χ0n) is 15.6. The van der Waals surface area contributed by atoms with Gasteiger partial charge in [0.2, 0.25) is 6.29 Å². The first-order chi connectivity index (χ1) is 12.4. The van der Waals surface area contributed by atoms with E-state index in [1.807, 2.05) is 6.92 Å². The first-order valence-electron chi connectivity index (χ1n) is 9.87. The summed E-state index contributed by atoms with van der Waals surface area (Å²) < 4.78 is 38.6. The number of hydrogen-bond donors (Lipinski definition) is 0. The van der Waals surface area contributed by atoms with E-state index in [0.717, 1.165) is 19.3 Å². The van der Waals surface area contributed by atoms with Gasteiger partial charge in [0.25, 0.3) is 0 Å². The molecule has 0 unspecified atom stereocenters. The Balaban J connectivity index is 1.47. The van der Waals surface area contributed by atoms with E-state index in [-0.39, 0.29) is 17.3 Å². The normalized spacial score (nSPS) is 49.5. The van der Waals surface area contributed by atoms with E-state index in [9.17, 15) is 4.39 Å². The quantitative estimate of drug-likeness (QED) is 0.777. The monoisotopic (exact) mass is 362 g/mol. The van der Waals surface area contributed by atoms with Crippen LogP contribution in [0.25, 0.3) is 0 Å². The molecule has 4 fully saturated rings. The second-order valence-electron chi connectivity index (χ2n) is 8.78. The average Bonchev–Trinajstić information content (AvgIpc) is 2.82. The van der Waals surface area contributed by atoms with Crippen LogP contribution >= 0.6 is 0 Å². The largest absolute Gasteiger partial charge is 0.465 e. The minimum absolute atomic E-state index is 0.176. The zero-order valence-corrected chi connectivity index (χ0v) is 15.6. The standard InChI is InChI=1S/C21H27FO4/c1-12-4-9-17-13(2)18(23-15-7-5-14(22)6-8-15)24-19-21(17)16(12)10-11-20(3,25-19)26-21/h5-8,12-13,16-19H,4,9-11H2,1-3H3/t12-,13-,16+,17+,18+,19-,20+,21-/m1/s1. The molecule has 1 aliphatic carbocycles. The molecule has 3 heterocycles. The van der Waals surface area contributed by atoms with Crippen molar-refractivity contribution in [2.45, 2.75) is 70.4 Å². The van der Waals surface area contributed by atoms with Crippen molar-refractivity contribution in [3.63, 3.8) is 0 Å². The maximum Gasteiger partial charge on any atom is 0.205 e. The summed E-state index contributed by atoms with van der Waals surface area (Å²) in [5.41, 5.74) is -0.354. The van der Waals surface area contributed by atoms with Crippen LogP contribution in [0.15, 0.2) is 24.3 Å². The Labute approximate surface area is 154 Å². The lowest BCUT2D eigenvalue weighted by Crippen LogP contribution is -2.66. The van der Waals surface area contributed by atoms with Gasteiger partial charge in [0.1, 0.15) is 17.2 Å². The summed E-state index contributed by atoms with van der Waals surface area (Å²) in [6.07, 6.45) is 3.54. The van der Waals surface area contributed by atoms with Crippen LogP contribution in [0.4, 0.5) is 4.39 Å². The Morgan fingerprint density at radius 3 is 2.62 bits per heavy atom. The van der Waals surface area contributed by atoms with Gasteiger partial charge in [0.15, 0.2) is 12.1 Å². The second kappa shape index (κ2) is 5.66. The maximum absolute atomic E-state index is 13.2.